The van der Waals surface area contributed by atoms with Crippen molar-refractivity contribution >= 4 is 5.97 Å². The van der Waals surface area contributed by atoms with Gasteiger partial charge in [0.15, 0.2) is 0 Å². The molecule has 1 aromatic heterocycles. The Bertz CT molecular complexity index is 969. The molecule has 0 saturated carbocycles. The van der Waals surface area contributed by atoms with E-state index in [1.807, 2.05) is 6.92 Å². The summed E-state index contributed by atoms with van der Waals surface area (Å²) < 4.78 is 17.8. The number of benzene rings is 1. The summed E-state index contributed by atoms with van der Waals surface area (Å²) in [6.07, 6.45) is 1.92. The summed E-state index contributed by atoms with van der Waals surface area (Å²) in [5.41, 5.74) is 2.94. The maximum Gasteiger partial charge on any atom is 0.329 e. The fourth-order valence-corrected chi connectivity index (χ4v) is 3.52. The van der Waals surface area contributed by atoms with Crippen LogP contribution in [0.4, 0.5) is 0 Å². The van der Waals surface area contributed by atoms with Crippen molar-refractivity contribution in [3.8, 4) is 16.9 Å². The highest BCUT2D eigenvalue weighted by atomic mass is 16.6. The molecule has 0 aliphatic heterocycles. The van der Waals surface area contributed by atoms with Crippen LogP contribution in [-0.2, 0) is 14.3 Å². The fraction of sp³-hybridized carbons (Fsp3) is 0.520. The van der Waals surface area contributed by atoms with Crippen molar-refractivity contribution in [1.82, 2.24) is 4.57 Å². The van der Waals surface area contributed by atoms with Gasteiger partial charge in [0.2, 0.25) is 0 Å². The van der Waals surface area contributed by atoms with Crippen LogP contribution in [0.2, 0.25) is 0 Å². The van der Waals surface area contributed by atoms with Crippen molar-refractivity contribution in [1.29, 1.82) is 0 Å². The third kappa shape index (κ3) is 6.20. The zero-order valence-electron chi connectivity index (χ0n) is 19.9. The van der Waals surface area contributed by atoms with Crippen molar-refractivity contribution < 1.29 is 19.0 Å². The number of carbonyl (C=O) groups is 1. The number of aryl methyl sites for hydroxylation is 1. The summed E-state index contributed by atoms with van der Waals surface area (Å²) in [6, 6.07) is 6.95. The highest BCUT2D eigenvalue weighted by molar-refractivity contribution is 5.76. The number of hydrogen-bond donors (Lipinski definition) is 0. The first-order valence-corrected chi connectivity index (χ1v) is 10.6. The zero-order chi connectivity index (χ0) is 23.3. The maximum absolute atomic E-state index is 13.2. The van der Waals surface area contributed by atoms with E-state index in [1.165, 1.54) is 4.57 Å². The van der Waals surface area contributed by atoms with E-state index in [-0.39, 0.29) is 11.5 Å². The number of methoxy groups -OCH3 is 2. The summed E-state index contributed by atoms with van der Waals surface area (Å²) in [5, 5.41) is 0. The molecule has 0 spiro atoms. The van der Waals surface area contributed by atoms with Gasteiger partial charge in [0, 0.05) is 31.8 Å². The lowest BCUT2D eigenvalue weighted by atomic mass is 9.91. The van der Waals surface area contributed by atoms with Gasteiger partial charge in [-0.15, -0.1) is 0 Å². The number of carbonyl (C=O) groups excluding carboxylic acids is 1. The summed E-state index contributed by atoms with van der Waals surface area (Å²) in [4.78, 5) is 26.1. The lowest BCUT2D eigenvalue weighted by molar-refractivity contribution is -0.159. The van der Waals surface area contributed by atoms with E-state index >= 15 is 0 Å². The third-order valence-corrected chi connectivity index (χ3v) is 5.00. The number of rotatable bonds is 8. The molecule has 1 aromatic carbocycles. The fourth-order valence-electron chi connectivity index (χ4n) is 3.52. The van der Waals surface area contributed by atoms with Crippen LogP contribution < -0.4 is 10.3 Å². The number of hydrogen-bond acceptors (Lipinski definition) is 5. The van der Waals surface area contributed by atoms with Gasteiger partial charge in [-0.2, -0.15) is 0 Å². The van der Waals surface area contributed by atoms with Gasteiger partial charge in [0.1, 0.15) is 17.4 Å². The van der Waals surface area contributed by atoms with Gasteiger partial charge in [-0.25, -0.2) is 4.79 Å². The average molecular weight is 430 g/mol. The summed E-state index contributed by atoms with van der Waals surface area (Å²) >= 11 is 0. The lowest BCUT2D eigenvalue weighted by Gasteiger charge is -2.26. The quantitative estimate of drug-likeness (QED) is 0.560. The lowest BCUT2D eigenvalue weighted by Crippen LogP contribution is -2.35. The molecule has 1 heterocycles. The molecule has 2 aromatic rings. The second kappa shape index (κ2) is 10.1. The monoisotopic (exact) mass is 429 g/mol. The van der Waals surface area contributed by atoms with Gasteiger partial charge < -0.3 is 14.2 Å². The largest absolute Gasteiger partial charge is 0.495 e. The molecule has 31 heavy (non-hydrogen) atoms. The Morgan fingerprint density at radius 1 is 1.10 bits per heavy atom. The van der Waals surface area contributed by atoms with Crippen LogP contribution in [-0.4, -0.2) is 37.0 Å². The van der Waals surface area contributed by atoms with E-state index in [4.69, 9.17) is 14.2 Å². The Hall–Kier alpha value is -2.60. The van der Waals surface area contributed by atoms with E-state index in [0.29, 0.717) is 24.3 Å². The van der Waals surface area contributed by atoms with Gasteiger partial charge in [-0.1, -0.05) is 37.6 Å². The predicted molar refractivity (Wildman–Crippen MR) is 123 cm³/mol. The number of aromatic nitrogens is 1. The van der Waals surface area contributed by atoms with Crippen LogP contribution in [0.3, 0.4) is 0 Å². The Kier molecular flexibility index (Phi) is 8.07. The molecule has 6 nitrogen and oxygen atoms in total. The molecular weight excluding hydrogens is 394 g/mol. The van der Waals surface area contributed by atoms with E-state index < -0.39 is 17.6 Å². The Labute approximate surface area is 185 Å². The molecule has 0 N–H and O–H groups in total. The topological polar surface area (TPSA) is 66.8 Å². The van der Waals surface area contributed by atoms with E-state index in [1.54, 1.807) is 47.3 Å². The summed E-state index contributed by atoms with van der Waals surface area (Å²) in [6.45, 7) is 12.0. The minimum atomic E-state index is -0.809. The SMILES string of the molecule is COCCC(C(=O)OC(C)(C)C)n1cc(OC)c(-c2cc(C)ccc2C(C)C)cc1=O. The Morgan fingerprint density at radius 3 is 2.32 bits per heavy atom. The van der Waals surface area contributed by atoms with Crippen LogP contribution in [0.5, 0.6) is 5.75 Å². The first kappa shape index (κ1) is 24.7. The minimum absolute atomic E-state index is 0.277. The van der Waals surface area contributed by atoms with Crippen molar-refractivity contribution in [3.05, 3.63) is 51.9 Å². The molecule has 0 saturated heterocycles. The van der Waals surface area contributed by atoms with E-state index in [0.717, 1.165) is 16.7 Å². The smallest absolute Gasteiger partial charge is 0.329 e. The second-order valence-corrected chi connectivity index (χ2v) is 9.08. The standard InChI is InChI=1S/C25H35NO5/c1-16(2)18-10-9-17(3)13-19(18)20-14-23(27)26(15-22(20)30-8)21(11-12-29-7)24(28)31-25(4,5)6/h9-10,13-16,21H,11-12H2,1-8H3. The molecule has 0 amide bonds. The van der Waals surface area contributed by atoms with E-state index in [2.05, 4.69) is 32.0 Å². The molecule has 0 aliphatic carbocycles. The van der Waals surface area contributed by atoms with Crippen LogP contribution in [0.15, 0.2) is 35.3 Å². The van der Waals surface area contributed by atoms with Gasteiger partial charge >= 0.3 is 5.97 Å². The Balaban J connectivity index is 2.63. The van der Waals surface area contributed by atoms with E-state index in [9.17, 15) is 9.59 Å². The van der Waals surface area contributed by atoms with Crippen LogP contribution >= 0.6 is 0 Å². The zero-order valence-corrected chi connectivity index (χ0v) is 19.9. The van der Waals surface area contributed by atoms with Gasteiger partial charge in [-0.05, 0) is 44.7 Å². The van der Waals surface area contributed by atoms with Gasteiger partial charge in [0.25, 0.3) is 5.56 Å². The van der Waals surface area contributed by atoms with Crippen LogP contribution in [0, 0.1) is 6.92 Å². The number of nitrogens with zero attached hydrogens (tertiary/aromatic N) is 1. The minimum Gasteiger partial charge on any atom is -0.495 e. The number of ether oxygens (including phenoxy) is 3. The summed E-state index contributed by atoms with van der Waals surface area (Å²) in [7, 11) is 3.12. The molecule has 6 heteroatoms. The molecule has 170 valence electrons. The van der Waals surface area contributed by atoms with Crippen molar-refractivity contribution in [2.45, 2.75) is 65.5 Å². The molecule has 2 rings (SSSR count). The number of esters is 1. The Morgan fingerprint density at radius 2 is 1.77 bits per heavy atom. The molecule has 0 fully saturated rings. The molecule has 1 unspecified atom stereocenters. The van der Waals surface area contributed by atoms with Gasteiger partial charge in [0.05, 0.1) is 13.3 Å². The van der Waals surface area contributed by atoms with Crippen molar-refractivity contribution in [3.63, 3.8) is 0 Å². The molecule has 0 radical (unpaired) electrons. The number of pyridine rings is 1. The molecule has 0 bridgehead atoms. The first-order valence-electron chi connectivity index (χ1n) is 10.6. The highest BCUT2D eigenvalue weighted by Crippen LogP contribution is 2.35. The summed E-state index contributed by atoms with van der Waals surface area (Å²) in [5.74, 6) is 0.330. The van der Waals surface area contributed by atoms with Crippen LogP contribution in [0.1, 0.15) is 64.1 Å². The van der Waals surface area contributed by atoms with Crippen LogP contribution in [0.25, 0.3) is 11.1 Å². The second-order valence-electron chi connectivity index (χ2n) is 9.08. The molecular formula is C25H35NO5. The third-order valence-electron chi connectivity index (χ3n) is 5.00. The maximum atomic E-state index is 13.2. The highest BCUT2D eigenvalue weighted by Gasteiger charge is 2.28. The molecule has 0 aliphatic rings. The van der Waals surface area contributed by atoms with Gasteiger partial charge in [-0.3, -0.25) is 9.36 Å². The average Bonchev–Trinajstić information content (AvgIpc) is 2.67. The van der Waals surface area contributed by atoms with Crippen molar-refractivity contribution in [2.75, 3.05) is 20.8 Å². The van der Waals surface area contributed by atoms with Crippen molar-refractivity contribution in [2.24, 2.45) is 0 Å². The molecule has 1 atom stereocenters. The predicted octanol–water partition coefficient (Wildman–Crippen LogP) is 4.88. The normalized spacial score (nSPS) is 12.7. The first-order chi connectivity index (χ1) is 14.5.